The number of aromatic hydroxyl groups is 1. The number of phenolic OH excluding ortho intramolecular Hbond substituents is 1. The monoisotopic (exact) mass is 244 g/mol. The van der Waals surface area contributed by atoms with E-state index >= 15 is 0 Å². The minimum atomic E-state index is -0.272. The number of nitrogens with one attached hydrogen (secondary N) is 1. The quantitative estimate of drug-likeness (QED) is 0.715. The Morgan fingerprint density at radius 1 is 1.22 bits per heavy atom. The highest BCUT2D eigenvalue weighted by atomic mass is 16.3. The van der Waals surface area contributed by atoms with Crippen LogP contribution < -0.4 is 11.1 Å². The largest absolute Gasteiger partial charge is 0.507 e. The Hall–Kier alpha value is -2.07. The molecule has 0 unspecified atom stereocenters. The molecule has 0 saturated carbocycles. The molecule has 0 aliphatic carbocycles. The zero-order valence-corrected chi connectivity index (χ0v) is 10.0. The second-order valence-corrected chi connectivity index (χ2v) is 4.11. The van der Waals surface area contributed by atoms with Gasteiger partial charge >= 0.3 is 0 Å². The molecule has 0 saturated heterocycles. The Bertz CT molecular complexity index is 567. The average Bonchev–Trinajstić information content (AvgIpc) is 2.38. The fraction of sp³-hybridized carbons (Fsp3) is 0.214. The molecule has 1 amide bonds. The van der Waals surface area contributed by atoms with Crippen molar-refractivity contribution in [2.75, 3.05) is 13.1 Å². The smallest absolute Gasteiger partial charge is 0.255 e. The van der Waals surface area contributed by atoms with Gasteiger partial charge in [0.1, 0.15) is 5.75 Å². The first-order valence-corrected chi connectivity index (χ1v) is 5.92. The molecular formula is C14H16N2O2. The minimum absolute atomic E-state index is 0.000974. The van der Waals surface area contributed by atoms with E-state index in [1.54, 1.807) is 12.1 Å². The molecule has 0 bridgehead atoms. The second kappa shape index (κ2) is 5.51. The minimum Gasteiger partial charge on any atom is -0.507 e. The molecule has 2 aromatic carbocycles. The third-order valence-electron chi connectivity index (χ3n) is 2.78. The summed E-state index contributed by atoms with van der Waals surface area (Å²) >= 11 is 0. The van der Waals surface area contributed by atoms with Gasteiger partial charge in [0.15, 0.2) is 0 Å². The molecule has 4 N–H and O–H groups in total. The van der Waals surface area contributed by atoms with Crippen LogP contribution in [0.4, 0.5) is 0 Å². The van der Waals surface area contributed by atoms with Gasteiger partial charge < -0.3 is 16.2 Å². The highest BCUT2D eigenvalue weighted by molar-refractivity contribution is 6.01. The van der Waals surface area contributed by atoms with Crippen LogP contribution in [0.1, 0.15) is 16.8 Å². The number of hydrogen-bond acceptors (Lipinski definition) is 3. The predicted octanol–water partition coefficient (Wildman–Crippen LogP) is 1.62. The maximum absolute atomic E-state index is 11.9. The Kier molecular flexibility index (Phi) is 3.79. The van der Waals surface area contributed by atoms with Crippen LogP contribution in [0.25, 0.3) is 10.8 Å². The number of carbonyl (C=O) groups excluding carboxylic acids is 1. The fourth-order valence-electron chi connectivity index (χ4n) is 1.81. The van der Waals surface area contributed by atoms with Gasteiger partial charge in [0, 0.05) is 6.54 Å². The normalized spacial score (nSPS) is 10.5. The summed E-state index contributed by atoms with van der Waals surface area (Å²) in [5, 5.41) is 14.4. The Balaban J connectivity index is 2.27. The summed E-state index contributed by atoms with van der Waals surface area (Å²) in [6, 6.07) is 10.9. The maximum atomic E-state index is 11.9. The first kappa shape index (κ1) is 12.4. The van der Waals surface area contributed by atoms with E-state index in [2.05, 4.69) is 5.32 Å². The predicted molar refractivity (Wildman–Crippen MR) is 71.6 cm³/mol. The van der Waals surface area contributed by atoms with Gasteiger partial charge in [-0.2, -0.15) is 0 Å². The molecule has 4 heteroatoms. The molecule has 0 aliphatic rings. The van der Waals surface area contributed by atoms with Crippen LogP contribution in [0.3, 0.4) is 0 Å². The van der Waals surface area contributed by atoms with Gasteiger partial charge in [0.2, 0.25) is 0 Å². The van der Waals surface area contributed by atoms with Gasteiger partial charge in [0.05, 0.1) is 5.56 Å². The molecule has 2 aromatic rings. The van der Waals surface area contributed by atoms with E-state index in [0.29, 0.717) is 18.7 Å². The number of benzene rings is 2. The summed E-state index contributed by atoms with van der Waals surface area (Å²) < 4.78 is 0. The molecule has 0 atom stereocenters. The Morgan fingerprint density at radius 2 is 1.89 bits per heavy atom. The Labute approximate surface area is 105 Å². The zero-order chi connectivity index (χ0) is 13.0. The molecule has 94 valence electrons. The van der Waals surface area contributed by atoms with Crippen molar-refractivity contribution in [3.05, 3.63) is 42.0 Å². The van der Waals surface area contributed by atoms with Gasteiger partial charge in [-0.05, 0) is 35.9 Å². The first-order chi connectivity index (χ1) is 8.72. The lowest BCUT2D eigenvalue weighted by Crippen LogP contribution is -2.26. The number of fused-ring (bicyclic) bond motifs is 1. The van der Waals surface area contributed by atoms with Crippen LogP contribution >= 0.6 is 0 Å². The van der Waals surface area contributed by atoms with E-state index in [4.69, 9.17) is 5.73 Å². The van der Waals surface area contributed by atoms with Crippen LogP contribution in [0.15, 0.2) is 36.4 Å². The summed E-state index contributed by atoms with van der Waals surface area (Å²) in [5.41, 5.74) is 5.65. The van der Waals surface area contributed by atoms with Crippen LogP contribution in [0, 0.1) is 0 Å². The first-order valence-electron chi connectivity index (χ1n) is 5.92. The fourth-order valence-corrected chi connectivity index (χ4v) is 1.81. The zero-order valence-electron chi connectivity index (χ0n) is 10.0. The lowest BCUT2D eigenvalue weighted by Gasteiger charge is -2.08. The van der Waals surface area contributed by atoms with Crippen molar-refractivity contribution < 1.29 is 9.90 Å². The van der Waals surface area contributed by atoms with Crippen molar-refractivity contribution in [1.82, 2.24) is 5.32 Å². The van der Waals surface area contributed by atoms with Crippen molar-refractivity contribution in [1.29, 1.82) is 0 Å². The molecular weight excluding hydrogens is 228 g/mol. The van der Waals surface area contributed by atoms with Gasteiger partial charge in [-0.25, -0.2) is 0 Å². The van der Waals surface area contributed by atoms with Crippen molar-refractivity contribution in [3.63, 3.8) is 0 Å². The molecule has 18 heavy (non-hydrogen) atoms. The topological polar surface area (TPSA) is 75.3 Å². The van der Waals surface area contributed by atoms with E-state index in [1.165, 1.54) is 0 Å². The van der Waals surface area contributed by atoms with E-state index in [-0.39, 0.29) is 11.7 Å². The van der Waals surface area contributed by atoms with Gasteiger partial charge in [-0.3, -0.25) is 4.79 Å². The second-order valence-electron chi connectivity index (χ2n) is 4.11. The molecule has 2 rings (SSSR count). The lowest BCUT2D eigenvalue weighted by molar-refractivity contribution is 0.0951. The van der Waals surface area contributed by atoms with Crippen LogP contribution in [0.2, 0.25) is 0 Å². The van der Waals surface area contributed by atoms with E-state index in [1.807, 2.05) is 24.3 Å². The van der Waals surface area contributed by atoms with Crippen LogP contribution in [0.5, 0.6) is 5.75 Å². The average molecular weight is 244 g/mol. The summed E-state index contributed by atoms with van der Waals surface area (Å²) in [4.78, 5) is 11.9. The summed E-state index contributed by atoms with van der Waals surface area (Å²) in [6.45, 7) is 1.05. The lowest BCUT2D eigenvalue weighted by atomic mass is 10.1. The molecule has 0 spiro atoms. The summed E-state index contributed by atoms with van der Waals surface area (Å²) in [7, 11) is 0. The number of nitrogens with two attached hydrogens (primary N) is 1. The van der Waals surface area contributed by atoms with Gasteiger partial charge in [0.25, 0.3) is 5.91 Å². The van der Waals surface area contributed by atoms with Gasteiger partial charge in [-0.1, -0.05) is 24.3 Å². The third-order valence-corrected chi connectivity index (χ3v) is 2.78. The van der Waals surface area contributed by atoms with E-state index < -0.39 is 0 Å². The number of amides is 1. The van der Waals surface area contributed by atoms with Crippen molar-refractivity contribution in [3.8, 4) is 5.75 Å². The SMILES string of the molecule is NCCCNC(=O)c1cc2ccccc2cc1O. The highest BCUT2D eigenvalue weighted by Crippen LogP contribution is 2.24. The summed E-state index contributed by atoms with van der Waals surface area (Å²) in [5.74, 6) is -0.273. The molecule has 0 heterocycles. The van der Waals surface area contributed by atoms with Crippen LogP contribution in [-0.4, -0.2) is 24.1 Å². The van der Waals surface area contributed by atoms with Gasteiger partial charge in [-0.15, -0.1) is 0 Å². The number of phenols is 1. The van der Waals surface area contributed by atoms with E-state index in [9.17, 15) is 9.90 Å². The molecule has 0 aliphatic heterocycles. The molecule has 0 fully saturated rings. The van der Waals surface area contributed by atoms with Crippen molar-refractivity contribution >= 4 is 16.7 Å². The number of carbonyl (C=O) groups is 1. The molecule has 4 nitrogen and oxygen atoms in total. The Morgan fingerprint density at radius 3 is 2.56 bits per heavy atom. The van der Waals surface area contributed by atoms with Crippen LogP contribution in [-0.2, 0) is 0 Å². The maximum Gasteiger partial charge on any atom is 0.255 e. The third kappa shape index (κ3) is 2.60. The van der Waals surface area contributed by atoms with E-state index in [0.717, 1.165) is 17.2 Å². The highest BCUT2D eigenvalue weighted by Gasteiger charge is 2.11. The van der Waals surface area contributed by atoms with Crippen molar-refractivity contribution in [2.24, 2.45) is 5.73 Å². The molecule has 0 radical (unpaired) electrons. The number of hydrogen-bond donors (Lipinski definition) is 3. The number of rotatable bonds is 4. The standard InChI is InChI=1S/C14H16N2O2/c15-6-3-7-16-14(18)12-8-10-4-1-2-5-11(10)9-13(12)17/h1-2,4-5,8-9,17H,3,6-7,15H2,(H,16,18). The summed E-state index contributed by atoms with van der Waals surface area (Å²) in [6.07, 6.45) is 0.722. The van der Waals surface area contributed by atoms with Crippen molar-refractivity contribution in [2.45, 2.75) is 6.42 Å². The molecule has 0 aromatic heterocycles.